The van der Waals surface area contributed by atoms with Crippen molar-refractivity contribution in [2.24, 2.45) is 5.73 Å². The van der Waals surface area contributed by atoms with E-state index < -0.39 is 5.91 Å². The van der Waals surface area contributed by atoms with Gasteiger partial charge in [-0.2, -0.15) is 0 Å². The van der Waals surface area contributed by atoms with Gasteiger partial charge in [0, 0.05) is 12.2 Å². The van der Waals surface area contributed by atoms with Gasteiger partial charge in [0.2, 0.25) is 5.91 Å². The fourth-order valence-corrected chi connectivity index (χ4v) is 2.10. The van der Waals surface area contributed by atoms with Crippen molar-refractivity contribution in [1.82, 2.24) is 5.32 Å². The molecule has 1 amide bonds. The molecule has 1 atom stereocenters. The van der Waals surface area contributed by atoms with Crippen LogP contribution in [-0.4, -0.2) is 26.2 Å². The van der Waals surface area contributed by atoms with Crippen LogP contribution in [0.1, 0.15) is 22.3 Å². The molecule has 0 saturated carbocycles. The molecule has 1 aliphatic heterocycles. The Balaban J connectivity index is 2.38. The third-order valence-corrected chi connectivity index (χ3v) is 3.20. The van der Waals surface area contributed by atoms with E-state index in [9.17, 15) is 4.79 Å². The summed E-state index contributed by atoms with van der Waals surface area (Å²) in [6, 6.07) is 7.42. The number of likely N-dealkylation sites (N-methyl/N-ethyl adjacent to an activating group) is 1. The normalized spacial score (nSPS) is 24.6. The van der Waals surface area contributed by atoms with E-state index in [-0.39, 0.29) is 5.54 Å². The zero-order valence-corrected chi connectivity index (χ0v) is 9.32. The molecular formula is C12H16N2O2. The number of ether oxygens (including phenoxy) is 1. The van der Waals surface area contributed by atoms with E-state index in [4.69, 9.17) is 10.5 Å². The first kappa shape index (κ1) is 11.1. The molecule has 0 radical (unpaired) electrons. The molecule has 1 aromatic rings. The van der Waals surface area contributed by atoms with Crippen LogP contribution in [0.25, 0.3) is 0 Å². The Bertz CT molecular complexity index is 398. The lowest BCUT2D eigenvalue weighted by molar-refractivity contribution is 0.1000. The summed E-state index contributed by atoms with van der Waals surface area (Å²) in [7, 11) is 1.91. The fourth-order valence-electron chi connectivity index (χ4n) is 2.10. The fraction of sp³-hybridized carbons (Fsp3) is 0.417. The third-order valence-electron chi connectivity index (χ3n) is 3.20. The van der Waals surface area contributed by atoms with Crippen molar-refractivity contribution in [3.05, 3.63) is 35.4 Å². The predicted octanol–water partition coefficient (Wildman–Crippen LogP) is 0.620. The van der Waals surface area contributed by atoms with Crippen LogP contribution in [0.3, 0.4) is 0 Å². The minimum Gasteiger partial charge on any atom is -0.379 e. The van der Waals surface area contributed by atoms with E-state index in [0.29, 0.717) is 12.2 Å². The van der Waals surface area contributed by atoms with Crippen LogP contribution in [-0.2, 0) is 10.3 Å². The maximum Gasteiger partial charge on any atom is 0.248 e. The first-order valence-electron chi connectivity index (χ1n) is 5.35. The highest BCUT2D eigenvalue weighted by Gasteiger charge is 2.35. The summed E-state index contributed by atoms with van der Waals surface area (Å²) in [5, 5.41) is 3.28. The number of rotatable bonds is 3. The van der Waals surface area contributed by atoms with Crippen molar-refractivity contribution in [1.29, 1.82) is 0 Å². The van der Waals surface area contributed by atoms with Crippen molar-refractivity contribution >= 4 is 5.91 Å². The van der Waals surface area contributed by atoms with E-state index in [1.54, 1.807) is 6.07 Å². The largest absolute Gasteiger partial charge is 0.379 e. The van der Waals surface area contributed by atoms with Crippen LogP contribution in [0, 0.1) is 0 Å². The second-order valence-electron chi connectivity index (χ2n) is 4.08. The van der Waals surface area contributed by atoms with Gasteiger partial charge in [-0.1, -0.05) is 12.1 Å². The first-order valence-corrected chi connectivity index (χ1v) is 5.35. The molecule has 0 aliphatic carbocycles. The number of nitrogens with two attached hydrogens (primary N) is 1. The topological polar surface area (TPSA) is 64.3 Å². The molecule has 0 aromatic heterocycles. The predicted molar refractivity (Wildman–Crippen MR) is 61.1 cm³/mol. The average molecular weight is 220 g/mol. The van der Waals surface area contributed by atoms with Gasteiger partial charge in [0.05, 0.1) is 12.1 Å². The lowest BCUT2D eigenvalue weighted by Crippen LogP contribution is -2.40. The summed E-state index contributed by atoms with van der Waals surface area (Å²) in [5.74, 6) is -0.396. The molecule has 86 valence electrons. The molecule has 2 rings (SSSR count). The zero-order chi connectivity index (χ0) is 11.6. The minimum atomic E-state index is -0.396. The number of hydrogen-bond acceptors (Lipinski definition) is 3. The molecule has 1 saturated heterocycles. The van der Waals surface area contributed by atoms with Gasteiger partial charge in [-0.25, -0.2) is 0 Å². The summed E-state index contributed by atoms with van der Waals surface area (Å²) >= 11 is 0. The van der Waals surface area contributed by atoms with Gasteiger partial charge in [-0.05, 0) is 31.2 Å². The molecule has 1 heterocycles. The molecule has 4 heteroatoms. The van der Waals surface area contributed by atoms with Crippen molar-refractivity contribution < 1.29 is 9.53 Å². The third kappa shape index (κ3) is 1.81. The highest BCUT2D eigenvalue weighted by molar-refractivity contribution is 5.92. The average Bonchev–Trinajstić information content (AvgIpc) is 2.79. The number of benzene rings is 1. The van der Waals surface area contributed by atoms with E-state index in [0.717, 1.165) is 18.6 Å². The lowest BCUT2D eigenvalue weighted by Gasteiger charge is -2.27. The van der Waals surface area contributed by atoms with Gasteiger partial charge in [0.1, 0.15) is 0 Å². The number of carbonyl (C=O) groups is 1. The van der Waals surface area contributed by atoms with E-state index in [1.165, 1.54) is 0 Å². The second kappa shape index (κ2) is 4.23. The summed E-state index contributed by atoms with van der Waals surface area (Å²) in [4.78, 5) is 11.1. The molecule has 0 spiro atoms. The Labute approximate surface area is 94.8 Å². The molecule has 1 unspecified atom stereocenters. The maximum absolute atomic E-state index is 11.1. The van der Waals surface area contributed by atoms with E-state index in [2.05, 4.69) is 5.32 Å². The van der Waals surface area contributed by atoms with Crippen molar-refractivity contribution in [2.75, 3.05) is 20.3 Å². The first-order chi connectivity index (χ1) is 7.68. The molecule has 1 fully saturated rings. The summed E-state index contributed by atoms with van der Waals surface area (Å²) in [5.41, 5.74) is 6.70. The molecule has 1 aliphatic rings. The minimum absolute atomic E-state index is 0.175. The Hall–Kier alpha value is -1.39. The van der Waals surface area contributed by atoms with Gasteiger partial charge in [0.25, 0.3) is 0 Å². The van der Waals surface area contributed by atoms with Gasteiger partial charge in [-0.15, -0.1) is 0 Å². The molecule has 3 N–H and O–H groups in total. The van der Waals surface area contributed by atoms with Crippen LogP contribution < -0.4 is 11.1 Å². The van der Waals surface area contributed by atoms with Crippen LogP contribution in [0.5, 0.6) is 0 Å². The number of nitrogens with one attached hydrogen (secondary N) is 1. The lowest BCUT2D eigenvalue weighted by atomic mass is 9.88. The van der Waals surface area contributed by atoms with Crippen LogP contribution in [0.4, 0.5) is 0 Å². The van der Waals surface area contributed by atoms with Gasteiger partial charge in [0.15, 0.2) is 0 Å². The SMILES string of the molecule is CNC1(c2cccc(C(N)=O)c2)CCOC1. The zero-order valence-electron chi connectivity index (χ0n) is 9.32. The highest BCUT2D eigenvalue weighted by Crippen LogP contribution is 2.30. The number of primary amides is 1. The van der Waals surface area contributed by atoms with Crippen molar-refractivity contribution in [3.63, 3.8) is 0 Å². The number of carbonyl (C=O) groups excluding carboxylic acids is 1. The molecule has 16 heavy (non-hydrogen) atoms. The quantitative estimate of drug-likeness (QED) is 0.785. The Morgan fingerprint density at radius 2 is 2.38 bits per heavy atom. The Morgan fingerprint density at radius 1 is 1.56 bits per heavy atom. The van der Waals surface area contributed by atoms with Gasteiger partial charge >= 0.3 is 0 Å². The Morgan fingerprint density at radius 3 is 2.94 bits per heavy atom. The summed E-state index contributed by atoms with van der Waals surface area (Å²) < 4.78 is 5.43. The number of hydrogen-bond donors (Lipinski definition) is 2. The van der Waals surface area contributed by atoms with Crippen LogP contribution in [0.2, 0.25) is 0 Å². The Kier molecular flexibility index (Phi) is 2.94. The highest BCUT2D eigenvalue weighted by atomic mass is 16.5. The molecule has 0 bridgehead atoms. The molecule has 4 nitrogen and oxygen atoms in total. The standard InChI is InChI=1S/C12H16N2O2/c1-14-12(5-6-16-8-12)10-4-2-3-9(7-10)11(13)15/h2-4,7,14H,5-6,8H2,1H3,(H2,13,15). The van der Waals surface area contributed by atoms with Gasteiger partial charge in [-0.3, -0.25) is 4.79 Å². The molecular weight excluding hydrogens is 204 g/mol. The summed E-state index contributed by atoms with van der Waals surface area (Å²) in [6.45, 7) is 1.37. The number of amides is 1. The van der Waals surface area contributed by atoms with Crippen LogP contribution in [0.15, 0.2) is 24.3 Å². The molecule has 1 aromatic carbocycles. The monoisotopic (exact) mass is 220 g/mol. The van der Waals surface area contributed by atoms with Gasteiger partial charge < -0.3 is 15.8 Å². The van der Waals surface area contributed by atoms with Crippen LogP contribution >= 0.6 is 0 Å². The van der Waals surface area contributed by atoms with Crippen molar-refractivity contribution in [2.45, 2.75) is 12.0 Å². The summed E-state index contributed by atoms with van der Waals surface area (Å²) in [6.07, 6.45) is 0.908. The van der Waals surface area contributed by atoms with E-state index in [1.807, 2.05) is 25.2 Å². The smallest absolute Gasteiger partial charge is 0.248 e. The maximum atomic E-state index is 11.1. The van der Waals surface area contributed by atoms with E-state index >= 15 is 0 Å². The van der Waals surface area contributed by atoms with Crippen molar-refractivity contribution in [3.8, 4) is 0 Å². The second-order valence-corrected chi connectivity index (χ2v) is 4.08.